The number of rotatable bonds is 4. The van der Waals surface area contributed by atoms with Crippen molar-refractivity contribution in [2.24, 2.45) is 4.99 Å². The van der Waals surface area contributed by atoms with E-state index in [0.717, 1.165) is 50.7 Å². The van der Waals surface area contributed by atoms with Crippen LogP contribution in [0, 0.1) is 11.5 Å². The molecule has 0 spiro atoms. The topological polar surface area (TPSA) is 92.5 Å². The Labute approximate surface area is 146 Å². The average molecular weight is 348 g/mol. The molecule has 0 atom stereocenters. The van der Waals surface area contributed by atoms with Crippen LogP contribution in [0.5, 0.6) is 0 Å². The molecule has 2 aliphatic rings. The summed E-state index contributed by atoms with van der Waals surface area (Å²) in [4.78, 5) is 9.29. The molecule has 130 valence electrons. The molecule has 0 unspecified atom stereocenters. The van der Waals surface area contributed by atoms with Gasteiger partial charge in [0.15, 0.2) is 6.19 Å². The van der Waals surface area contributed by atoms with Crippen LogP contribution >= 0.6 is 11.3 Å². The molecule has 0 radical (unpaired) electrons. The fourth-order valence-electron chi connectivity index (χ4n) is 3.12. The first-order valence-electron chi connectivity index (χ1n) is 8.59. The molecular weight excluding hydrogens is 324 g/mol. The summed E-state index contributed by atoms with van der Waals surface area (Å²) in [7, 11) is 0. The second-order valence-electron chi connectivity index (χ2n) is 6.09. The standard InChI is InChI=1S/C15H24N8S/c1-2-22-7-9-23(10-8-22)15-21-20-14(24-15)19-13(17-11-16)18-12-5-3-4-6-12/h12H,2-10H2,1H3,(H2,17,18,19,20). The van der Waals surface area contributed by atoms with E-state index >= 15 is 0 Å². The Hall–Kier alpha value is -1.92. The van der Waals surface area contributed by atoms with Crippen molar-refractivity contribution < 1.29 is 0 Å². The Bertz CT molecular complexity index is 593. The van der Waals surface area contributed by atoms with Crippen LogP contribution in [-0.4, -0.2) is 59.8 Å². The van der Waals surface area contributed by atoms with Crippen LogP contribution in [0.25, 0.3) is 0 Å². The van der Waals surface area contributed by atoms with Gasteiger partial charge in [0.1, 0.15) is 0 Å². The first-order valence-corrected chi connectivity index (χ1v) is 9.41. The second-order valence-corrected chi connectivity index (χ2v) is 7.04. The molecule has 1 aliphatic heterocycles. The van der Waals surface area contributed by atoms with Gasteiger partial charge in [-0.15, -0.1) is 10.2 Å². The van der Waals surface area contributed by atoms with Gasteiger partial charge in [0.2, 0.25) is 16.2 Å². The highest BCUT2D eigenvalue weighted by Gasteiger charge is 2.20. The number of nitrogens with zero attached hydrogens (tertiary/aromatic N) is 6. The summed E-state index contributed by atoms with van der Waals surface area (Å²) in [6, 6.07) is 0.294. The first kappa shape index (κ1) is 16.9. The van der Waals surface area contributed by atoms with Crippen molar-refractivity contribution in [2.75, 3.05) is 42.9 Å². The van der Waals surface area contributed by atoms with Crippen molar-refractivity contribution in [1.82, 2.24) is 20.4 Å². The molecule has 0 amide bonds. The Morgan fingerprint density at radius 2 is 2.04 bits per heavy atom. The molecule has 2 fully saturated rings. The molecule has 3 rings (SSSR count). The van der Waals surface area contributed by atoms with Crippen molar-refractivity contribution in [3.8, 4) is 6.19 Å². The van der Waals surface area contributed by atoms with Crippen molar-refractivity contribution in [1.29, 1.82) is 5.26 Å². The molecule has 2 N–H and O–H groups in total. The van der Waals surface area contributed by atoms with E-state index < -0.39 is 0 Å². The minimum absolute atomic E-state index is 0.294. The summed E-state index contributed by atoms with van der Waals surface area (Å²) in [6.45, 7) is 7.35. The van der Waals surface area contributed by atoms with Crippen LogP contribution in [0.1, 0.15) is 32.6 Å². The van der Waals surface area contributed by atoms with Crippen molar-refractivity contribution in [3.05, 3.63) is 0 Å². The molecular formula is C15H24N8S. The molecule has 8 nitrogen and oxygen atoms in total. The van der Waals surface area contributed by atoms with Gasteiger partial charge in [-0.2, -0.15) is 5.26 Å². The second kappa shape index (κ2) is 8.26. The van der Waals surface area contributed by atoms with Crippen LogP contribution in [0.4, 0.5) is 10.3 Å². The number of nitriles is 1. The molecule has 1 saturated carbocycles. The summed E-state index contributed by atoms with van der Waals surface area (Å²) in [5.74, 6) is 0.475. The van der Waals surface area contributed by atoms with Crippen LogP contribution in [0.3, 0.4) is 0 Å². The lowest BCUT2D eigenvalue weighted by Gasteiger charge is -2.33. The van der Waals surface area contributed by atoms with E-state index in [1.807, 2.05) is 6.19 Å². The molecule has 1 saturated heterocycles. The molecule has 0 bridgehead atoms. The molecule has 1 aromatic heterocycles. The highest BCUT2D eigenvalue weighted by Crippen LogP contribution is 2.25. The average Bonchev–Trinajstić information content (AvgIpc) is 3.27. The third-order valence-electron chi connectivity index (χ3n) is 4.54. The zero-order valence-corrected chi connectivity index (χ0v) is 14.8. The summed E-state index contributed by atoms with van der Waals surface area (Å²) in [6.07, 6.45) is 6.53. The minimum Gasteiger partial charge on any atom is -0.344 e. The van der Waals surface area contributed by atoms with E-state index in [0.29, 0.717) is 17.1 Å². The number of likely N-dealkylation sites (N-methyl/N-ethyl adjacent to an activating group) is 1. The summed E-state index contributed by atoms with van der Waals surface area (Å²) in [5, 5.41) is 24.7. The van der Waals surface area contributed by atoms with E-state index in [1.165, 1.54) is 24.2 Å². The lowest BCUT2D eigenvalue weighted by Crippen LogP contribution is -2.46. The lowest BCUT2D eigenvalue weighted by atomic mass is 10.3. The first-order chi connectivity index (χ1) is 11.8. The number of nitrogens with one attached hydrogen (secondary N) is 2. The summed E-state index contributed by atoms with van der Waals surface area (Å²) in [5.41, 5.74) is 0. The third kappa shape index (κ3) is 4.33. The highest BCUT2D eigenvalue weighted by atomic mass is 32.1. The molecule has 1 aliphatic carbocycles. The third-order valence-corrected chi connectivity index (χ3v) is 5.44. The number of hydrogen-bond donors (Lipinski definition) is 2. The Morgan fingerprint density at radius 3 is 2.71 bits per heavy atom. The Morgan fingerprint density at radius 1 is 1.29 bits per heavy atom. The molecule has 0 aromatic carbocycles. The maximum absolute atomic E-state index is 8.92. The van der Waals surface area contributed by atoms with Gasteiger partial charge in [-0.25, -0.2) is 4.99 Å². The zero-order chi connectivity index (χ0) is 16.8. The van der Waals surface area contributed by atoms with E-state index in [2.05, 4.69) is 42.5 Å². The predicted molar refractivity (Wildman–Crippen MR) is 96.3 cm³/mol. The molecule has 2 heterocycles. The van der Waals surface area contributed by atoms with E-state index in [-0.39, 0.29) is 0 Å². The fourth-order valence-corrected chi connectivity index (χ4v) is 3.91. The minimum atomic E-state index is 0.294. The Balaban J connectivity index is 1.61. The fraction of sp³-hybridized carbons (Fsp3) is 0.733. The van der Waals surface area contributed by atoms with E-state index in [1.54, 1.807) is 0 Å². The van der Waals surface area contributed by atoms with Crippen LogP contribution in [0.2, 0.25) is 0 Å². The quantitative estimate of drug-likeness (QED) is 0.368. The maximum atomic E-state index is 8.92. The van der Waals surface area contributed by atoms with Gasteiger partial charge >= 0.3 is 0 Å². The summed E-state index contributed by atoms with van der Waals surface area (Å²) >= 11 is 1.50. The van der Waals surface area contributed by atoms with Crippen molar-refractivity contribution in [2.45, 2.75) is 38.6 Å². The number of guanidine groups is 1. The van der Waals surface area contributed by atoms with Crippen molar-refractivity contribution >= 4 is 27.6 Å². The number of hydrogen-bond acceptors (Lipinski definition) is 7. The van der Waals surface area contributed by atoms with Gasteiger partial charge in [0.25, 0.3) is 0 Å². The van der Waals surface area contributed by atoms with Crippen LogP contribution < -0.4 is 15.5 Å². The predicted octanol–water partition coefficient (Wildman–Crippen LogP) is 1.46. The van der Waals surface area contributed by atoms with Gasteiger partial charge in [-0.3, -0.25) is 10.6 Å². The smallest absolute Gasteiger partial charge is 0.214 e. The highest BCUT2D eigenvalue weighted by molar-refractivity contribution is 7.19. The SMILES string of the molecule is CCN1CCN(c2nnc(NC(=NC3CCCC3)NC#N)s2)CC1. The van der Waals surface area contributed by atoms with Gasteiger partial charge < -0.3 is 9.80 Å². The van der Waals surface area contributed by atoms with E-state index in [4.69, 9.17) is 5.26 Å². The zero-order valence-electron chi connectivity index (χ0n) is 14.0. The molecule has 9 heteroatoms. The number of anilines is 2. The lowest BCUT2D eigenvalue weighted by molar-refractivity contribution is 0.271. The molecule has 1 aromatic rings. The number of aliphatic imine (C=N–C) groups is 1. The van der Waals surface area contributed by atoms with Crippen LogP contribution in [-0.2, 0) is 0 Å². The van der Waals surface area contributed by atoms with Gasteiger partial charge in [0, 0.05) is 26.2 Å². The van der Waals surface area contributed by atoms with Crippen LogP contribution in [0.15, 0.2) is 4.99 Å². The maximum Gasteiger partial charge on any atom is 0.214 e. The van der Waals surface area contributed by atoms with Gasteiger partial charge in [-0.1, -0.05) is 31.1 Å². The van der Waals surface area contributed by atoms with Gasteiger partial charge in [0.05, 0.1) is 6.04 Å². The number of aromatic nitrogens is 2. The normalized spacial score (nSPS) is 20.2. The summed E-state index contributed by atoms with van der Waals surface area (Å²) < 4.78 is 0. The largest absolute Gasteiger partial charge is 0.344 e. The van der Waals surface area contributed by atoms with Crippen molar-refractivity contribution in [3.63, 3.8) is 0 Å². The molecule has 24 heavy (non-hydrogen) atoms. The van der Waals surface area contributed by atoms with E-state index in [9.17, 15) is 0 Å². The van der Waals surface area contributed by atoms with Gasteiger partial charge in [-0.05, 0) is 19.4 Å². The number of piperazine rings is 1. The Kier molecular flexibility index (Phi) is 5.82. The monoisotopic (exact) mass is 348 g/mol.